The number of nitrogens with two attached hydrogens (primary N) is 2. The molecule has 0 bridgehead atoms. The zero-order valence-corrected chi connectivity index (χ0v) is 12.2. The molecule has 0 aromatic carbocycles. The van der Waals surface area contributed by atoms with E-state index in [1.54, 1.807) is 0 Å². The maximum atomic E-state index is 5.11. The Morgan fingerprint density at radius 2 is 0.846 bits per heavy atom. The van der Waals surface area contributed by atoms with Crippen molar-refractivity contribution >= 4 is 18.8 Å². The Labute approximate surface area is 97.3 Å². The van der Waals surface area contributed by atoms with Crippen LogP contribution < -0.4 is 11.5 Å². The molecule has 0 rings (SSSR count). The summed E-state index contributed by atoms with van der Waals surface area (Å²) in [7, 11) is 9.75. The molecular formula is C6H22Cl2N2O2Pt. The first-order valence-electron chi connectivity index (χ1n) is 3.22. The van der Waals surface area contributed by atoms with Crippen LogP contribution in [0.4, 0.5) is 0 Å². The fraction of sp³-hybridized carbons (Fsp3) is 1.00. The molecule has 4 nitrogen and oxygen atoms in total. The molecule has 0 radical (unpaired) electrons. The fourth-order valence-electron chi connectivity index (χ4n) is 0. The van der Waals surface area contributed by atoms with Crippen molar-refractivity contribution in [2.45, 2.75) is 39.8 Å². The van der Waals surface area contributed by atoms with Gasteiger partial charge < -0.3 is 22.4 Å². The van der Waals surface area contributed by atoms with Crippen LogP contribution >= 0.6 is 18.8 Å². The monoisotopic (exact) mass is 419 g/mol. The fourth-order valence-corrected chi connectivity index (χ4v) is 0. The van der Waals surface area contributed by atoms with Gasteiger partial charge in [0.2, 0.25) is 0 Å². The molecule has 0 saturated heterocycles. The number of hydrogen-bond acceptors (Lipinski definition) is 2. The molecule has 0 aliphatic heterocycles. The predicted molar refractivity (Wildman–Crippen MR) is 57.6 cm³/mol. The molecule has 0 aliphatic rings. The van der Waals surface area contributed by atoms with Crippen molar-refractivity contribution in [1.82, 2.24) is 0 Å². The van der Waals surface area contributed by atoms with Crippen molar-refractivity contribution in [1.29, 1.82) is 0 Å². The van der Waals surface area contributed by atoms with Gasteiger partial charge in [-0.2, -0.15) is 0 Å². The molecule has 8 N–H and O–H groups in total. The summed E-state index contributed by atoms with van der Waals surface area (Å²) in [6.45, 7) is 7.78. The second-order valence-electron chi connectivity index (χ2n) is 2.53. The molecule has 92 valence electrons. The zero-order valence-electron chi connectivity index (χ0n) is 8.38. The van der Waals surface area contributed by atoms with E-state index in [0.717, 1.165) is 0 Å². The van der Waals surface area contributed by atoms with E-state index in [9.17, 15) is 0 Å². The average Bonchev–Trinajstić information content (AvgIpc) is 1.60. The van der Waals surface area contributed by atoms with E-state index in [-0.39, 0.29) is 11.0 Å². The number of hydrogen-bond donors (Lipinski definition) is 2. The Morgan fingerprint density at radius 1 is 0.846 bits per heavy atom. The van der Waals surface area contributed by atoms with E-state index < -0.39 is 16.5 Å². The molecule has 0 saturated carbocycles. The van der Waals surface area contributed by atoms with Gasteiger partial charge in [-0.05, 0) is 12.1 Å². The summed E-state index contributed by atoms with van der Waals surface area (Å²) in [6.07, 6.45) is 0. The summed E-state index contributed by atoms with van der Waals surface area (Å²) in [5, 5.41) is 0. The number of halogens is 2. The van der Waals surface area contributed by atoms with Crippen LogP contribution in [0.1, 0.15) is 27.7 Å². The van der Waals surface area contributed by atoms with Crippen molar-refractivity contribution in [2.24, 2.45) is 11.5 Å². The van der Waals surface area contributed by atoms with Crippen LogP contribution in [-0.2, 0) is 16.5 Å². The van der Waals surface area contributed by atoms with Crippen molar-refractivity contribution in [3.05, 3.63) is 0 Å². The van der Waals surface area contributed by atoms with Gasteiger partial charge in [0.25, 0.3) is 0 Å². The van der Waals surface area contributed by atoms with Crippen LogP contribution in [0.3, 0.4) is 0 Å². The van der Waals surface area contributed by atoms with Crippen molar-refractivity contribution < 1.29 is 27.4 Å². The molecule has 0 aliphatic carbocycles. The third-order valence-electron chi connectivity index (χ3n) is 0. The molecule has 0 unspecified atom stereocenters. The number of rotatable bonds is 0. The van der Waals surface area contributed by atoms with Crippen molar-refractivity contribution in [2.75, 3.05) is 0 Å². The Balaban J connectivity index is -0.0000000231. The Hall–Kier alpha value is 1.11. The summed E-state index contributed by atoms with van der Waals surface area (Å²) in [5.41, 5.74) is 10.2. The molecule has 0 aromatic heterocycles. The van der Waals surface area contributed by atoms with Gasteiger partial charge in [-0.15, -0.1) is 0 Å². The van der Waals surface area contributed by atoms with Gasteiger partial charge in [0.1, 0.15) is 0 Å². The predicted octanol–water partition coefficient (Wildman–Crippen LogP) is 0.434. The Bertz CT molecular complexity index is 50.4. The molecule has 0 fully saturated rings. The van der Waals surface area contributed by atoms with Gasteiger partial charge in [-0.1, -0.05) is 27.7 Å². The second kappa shape index (κ2) is 29.2. The molecule has 0 atom stereocenters. The van der Waals surface area contributed by atoms with Crippen LogP contribution in [0.25, 0.3) is 0 Å². The average molecular weight is 420 g/mol. The summed E-state index contributed by atoms with van der Waals surface area (Å²) >= 11 is -0.472. The third-order valence-corrected chi connectivity index (χ3v) is 0. The van der Waals surface area contributed by atoms with Crippen molar-refractivity contribution in [3.63, 3.8) is 0 Å². The van der Waals surface area contributed by atoms with Crippen LogP contribution in [0.5, 0.6) is 0 Å². The summed E-state index contributed by atoms with van der Waals surface area (Å²) in [5.74, 6) is 0. The topological polar surface area (TPSA) is 115 Å². The molecule has 0 aromatic rings. The molecule has 7 heteroatoms. The van der Waals surface area contributed by atoms with Crippen molar-refractivity contribution in [3.8, 4) is 0 Å². The van der Waals surface area contributed by atoms with Crippen LogP contribution in [0.15, 0.2) is 0 Å². The first-order chi connectivity index (χ1) is 4.88. The molecule has 0 amide bonds. The van der Waals surface area contributed by atoms with Gasteiger partial charge in [0, 0.05) is 0 Å². The Morgan fingerprint density at radius 3 is 0.846 bits per heavy atom. The molecule has 0 heterocycles. The van der Waals surface area contributed by atoms with E-state index in [1.165, 1.54) is 0 Å². The summed E-state index contributed by atoms with van der Waals surface area (Å²) < 4.78 is 0. The normalized spacial score (nSPS) is 7.23. The van der Waals surface area contributed by atoms with Crippen LogP contribution in [0.2, 0.25) is 0 Å². The minimum atomic E-state index is -0.472. The van der Waals surface area contributed by atoms with E-state index in [4.69, 9.17) is 30.3 Å². The zero-order chi connectivity index (χ0) is 9.86. The Kier molecular flexibility index (Phi) is 65.7. The van der Waals surface area contributed by atoms with Crippen LogP contribution in [-0.4, -0.2) is 23.0 Å². The van der Waals surface area contributed by atoms with E-state index in [1.807, 2.05) is 27.7 Å². The standard InChI is InChI=1S/2C3H9N.2ClH.2H2O.Pt/c2*1-3(2)4;;;;;/h2*3H,4H2,1-2H3;2*1H;2*1H2;/q;;;;;;+2/p-2. The molecule has 13 heavy (non-hydrogen) atoms. The van der Waals surface area contributed by atoms with E-state index in [0.29, 0.717) is 12.1 Å². The van der Waals surface area contributed by atoms with Gasteiger partial charge in [-0.3, -0.25) is 0 Å². The quantitative estimate of drug-likeness (QED) is 0.592. The second-order valence-corrected chi connectivity index (χ2v) is 5.82. The van der Waals surface area contributed by atoms with Gasteiger partial charge in [0.15, 0.2) is 0 Å². The van der Waals surface area contributed by atoms with Crippen LogP contribution in [0, 0.1) is 0 Å². The van der Waals surface area contributed by atoms with Gasteiger partial charge in [0.05, 0.1) is 0 Å². The first-order valence-corrected chi connectivity index (χ1v) is 8.85. The minimum absolute atomic E-state index is 0. The van der Waals surface area contributed by atoms with E-state index in [2.05, 4.69) is 0 Å². The summed E-state index contributed by atoms with van der Waals surface area (Å²) in [4.78, 5) is 0. The van der Waals surface area contributed by atoms with Gasteiger partial charge in [-0.25, -0.2) is 0 Å². The third kappa shape index (κ3) is 1320. The van der Waals surface area contributed by atoms with E-state index >= 15 is 0 Å². The molecular weight excluding hydrogens is 398 g/mol. The first kappa shape index (κ1) is 29.2. The molecule has 0 spiro atoms. The summed E-state index contributed by atoms with van der Waals surface area (Å²) in [6, 6.07) is 0.667. The maximum absolute atomic E-state index is 5.11. The van der Waals surface area contributed by atoms with Gasteiger partial charge >= 0.3 is 35.3 Å². The SMILES string of the molecule is CC(C)N.CC(C)N.O.O.[Cl][Pt][Cl].